The molecule has 0 aliphatic rings. The SMILES string of the molecule is Cn1cc(-n2c(=O)n(CC(=O)O)c(=O)c3cc(C#Cc4ccccc4)ccc32)c2ccccc21. The van der Waals surface area contributed by atoms with Gasteiger partial charge in [-0.3, -0.25) is 14.2 Å². The number of fused-ring (bicyclic) bond motifs is 2. The van der Waals surface area contributed by atoms with Crippen LogP contribution in [0.25, 0.3) is 27.5 Å². The number of nitrogens with zero attached hydrogens (tertiary/aromatic N) is 3. The van der Waals surface area contributed by atoms with Crippen LogP contribution < -0.4 is 11.2 Å². The van der Waals surface area contributed by atoms with Crippen molar-refractivity contribution in [1.29, 1.82) is 0 Å². The number of rotatable bonds is 3. The van der Waals surface area contributed by atoms with Gasteiger partial charge in [0.05, 0.1) is 16.6 Å². The van der Waals surface area contributed by atoms with Crippen LogP contribution in [0.15, 0.2) is 88.6 Å². The van der Waals surface area contributed by atoms with E-state index < -0.39 is 23.8 Å². The van der Waals surface area contributed by atoms with Crippen molar-refractivity contribution in [1.82, 2.24) is 13.7 Å². The molecule has 0 unspecified atom stereocenters. The molecule has 0 saturated carbocycles. The monoisotopic (exact) mass is 449 g/mol. The molecule has 34 heavy (non-hydrogen) atoms. The number of aromatic nitrogens is 3. The number of carboxylic acid groups (broad SMARTS) is 1. The zero-order valence-corrected chi connectivity index (χ0v) is 18.2. The maximum Gasteiger partial charge on any atom is 0.336 e. The summed E-state index contributed by atoms with van der Waals surface area (Å²) < 4.78 is 4.03. The van der Waals surface area contributed by atoms with E-state index in [4.69, 9.17) is 0 Å². The highest BCUT2D eigenvalue weighted by atomic mass is 16.4. The summed E-state index contributed by atoms with van der Waals surface area (Å²) in [6.07, 6.45) is 1.80. The molecule has 0 saturated heterocycles. The molecule has 2 heterocycles. The van der Waals surface area contributed by atoms with Gasteiger partial charge in [-0.2, -0.15) is 0 Å². The smallest absolute Gasteiger partial charge is 0.336 e. The van der Waals surface area contributed by atoms with E-state index in [2.05, 4.69) is 11.8 Å². The molecule has 5 rings (SSSR count). The van der Waals surface area contributed by atoms with Gasteiger partial charge in [-0.1, -0.05) is 48.2 Å². The number of hydrogen-bond donors (Lipinski definition) is 1. The van der Waals surface area contributed by atoms with Crippen LogP contribution in [0.3, 0.4) is 0 Å². The Morgan fingerprint density at radius 2 is 1.56 bits per heavy atom. The summed E-state index contributed by atoms with van der Waals surface area (Å²) in [5, 5.41) is 10.4. The normalized spacial score (nSPS) is 10.9. The average Bonchev–Trinajstić information content (AvgIpc) is 3.17. The second-order valence-corrected chi connectivity index (χ2v) is 7.89. The number of para-hydroxylation sites is 1. The van der Waals surface area contributed by atoms with E-state index in [1.165, 1.54) is 4.57 Å². The first-order valence-electron chi connectivity index (χ1n) is 10.6. The molecule has 2 aromatic heterocycles. The molecular formula is C27H19N3O4. The van der Waals surface area contributed by atoms with Crippen LogP contribution in [-0.2, 0) is 18.4 Å². The van der Waals surface area contributed by atoms with E-state index in [9.17, 15) is 19.5 Å². The molecule has 0 radical (unpaired) electrons. The lowest BCUT2D eigenvalue weighted by Crippen LogP contribution is -2.41. The van der Waals surface area contributed by atoms with E-state index in [0.29, 0.717) is 16.8 Å². The van der Waals surface area contributed by atoms with E-state index in [1.54, 1.807) is 24.4 Å². The zero-order valence-electron chi connectivity index (χ0n) is 18.2. The predicted molar refractivity (Wildman–Crippen MR) is 130 cm³/mol. The third-order valence-electron chi connectivity index (χ3n) is 5.67. The van der Waals surface area contributed by atoms with Crippen LogP contribution >= 0.6 is 0 Å². The standard InChI is InChI=1S/C27H19N3O4/c1-28-16-24(20-9-5-6-10-22(20)28)30-23-14-13-19(12-11-18-7-3-2-4-8-18)15-21(23)26(33)29(27(30)34)17-25(31)32/h2-10,13-16H,17H2,1H3,(H,31,32). The van der Waals surface area contributed by atoms with Crippen LogP contribution in [0.2, 0.25) is 0 Å². The number of carboxylic acids is 1. The molecule has 3 aromatic carbocycles. The van der Waals surface area contributed by atoms with Gasteiger partial charge in [0.25, 0.3) is 5.56 Å². The molecule has 166 valence electrons. The Bertz CT molecular complexity index is 1760. The molecule has 0 atom stereocenters. The number of carbonyl (C=O) groups is 1. The maximum atomic E-state index is 13.4. The Labute approximate surface area is 193 Å². The largest absolute Gasteiger partial charge is 0.480 e. The second-order valence-electron chi connectivity index (χ2n) is 7.89. The summed E-state index contributed by atoms with van der Waals surface area (Å²) >= 11 is 0. The zero-order chi connectivity index (χ0) is 23.8. The van der Waals surface area contributed by atoms with Crippen molar-refractivity contribution >= 4 is 27.8 Å². The quantitative estimate of drug-likeness (QED) is 0.429. The molecule has 0 aliphatic heterocycles. The predicted octanol–water partition coefficient (Wildman–Crippen LogP) is 3.13. The van der Waals surface area contributed by atoms with Crippen molar-refractivity contribution in [2.45, 2.75) is 6.54 Å². The van der Waals surface area contributed by atoms with Gasteiger partial charge in [-0.25, -0.2) is 9.36 Å². The van der Waals surface area contributed by atoms with Gasteiger partial charge < -0.3 is 9.67 Å². The van der Waals surface area contributed by atoms with Gasteiger partial charge >= 0.3 is 11.7 Å². The molecular weight excluding hydrogens is 430 g/mol. The fraction of sp³-hybridized carbons (Fsp3) is 0.0741. The summed E-state index contributed by atoms with van der Waals surface area (Å²) in [5.41, 5.74) is 1.89. The highest BCUT2D eigenvalue weighted by molar-refractivity contribution is 5.92. The third kappa shape index (κ3) is 3.57. The van der Waals surface area contributed by atoms with Gasteiger partial charge in [0, 0.05) is 35.3 Å². The molecule has 7 heteroatoms. The van der Waals surface area contributed by atoms with Crippen LogP contribution in [0.4, 0.5) is 0 Å². The minimum Gasteiger partial charge on any atom is -0.480 e. The Kier molecular flexibility index (Phi) is 5.11. The van der Waals surface area contributed by atoms with Crippen LogP contribution in [-0.4, -0.2) is 24.8 Å². The molecule has 7 nitrogen and oxygen atoms in total. The topological polar surface area (TPSA) is 86.2 Å². The van der Waals surface area contributed by atoms with Gasteiger partial charge in [-0.15, -0.1) is 0 Å². The number of hydrogen-bond acceptors (Lipinski definition) is 3. The summed E-state index contributed by atoms with van der Waals surface area (Å²) in [7, 11) is 1.86. The first-order chi connectivity index (χ1) is 16.4. The van der Waals surface area contributed by atoms with Crippen molar-refractivity contribution < 1.29 is 9.90 Å². The average molecular weight is 449 g/mol. The number of aryl methyl sites for hydroxylation is 1. The van der Waals surface area contributed by atoms with Crippen molar-refractivity contribution in [3.8, 4) is 17.5 Å². The highest BCUT2D eigenvalue weighted by Gasteiger charge is 2.19. The van der Waals surface area contributed by atoms with Crippen LogP contribution in [0.5, 0.6) is 0 Å². The molecule has 0 bridgehead atoms. The molecule has 0 aliphatic carbocycles. The first kappa shape index (κ1) is 21.0. The molecule has 5 aromatic rings. The summed E-state index contributed by atoms with van der Waals surface area (Å²) in [6, 6.07) is 22.0. The summed E-state index contributed by atoms with van der Waals surface area (Å²) in [5.74, 6) is 4.82. The summed E-state index contributed by atoms with van der Waals surface area (Å²) in [6.45, 7) is -0.738. The van der Waals surface area contributed by atoms with E-state index >= 15 is 0 Å². The Hall–Kier alpha value is -4.83. The molecule has 0 amide bonds. The maximum absolute atomic E-state index is 13.4. The molecule has 0 spiro atoms. The van der Waals surface area contributed by atoms with Crippen LogP contribution in [0, 0.1) is 11.8 Å². The van der Waals surface area contributed by atoms with Gasteiger partial charge in [0.2, 0.25) is 0 Å². The fourth-order valence-corrected chi connectivity index (χ4v) is 4.11. The fourth-order valence-electron chi connectivity index (χ4n) is 4.11. The Balaban J connectivity index is 1.81. The van der Waals surface area contributed by atoms with E-state index in [0.717, 1.165) is 21.0 Å². The lowest BCUT2D eigenvalue weighted by Gasteiger charge is -2.13. The van der Waals surface area contributed by atoms with E-state index in [-0.39, 0.29) is 5.39 Å². The second kappa shape index (κ2) is 8.26. The van der Waals surface area contributed by atoms with Gasteiger partial charge in [-0.05, 0) is 36.4 Å². The minimum atomic E-state index is -1.27. The number of benzene rings is 3. The van der Waals surface area contributed by atoms with Crippen LogP contribution in [0.1, 0.15) is 11.1 Å². The summed E-state index contributed by atoms with van der Waals surface area (Å²) in [4.78, 5) is 38.1. The minimum absolute atomic E-state index is 0.216. The lowest BCUT2D eigenvalue weighted by molar-refractivity contribution is -0.137. The molecule has 1 N–H and O–H groups in total. The van der Waals surface area contributed by atoms with Gasteiger partial charge in [0.15, 0.2) is 0 Å². The van der Waals surface area contributed by atoms with Gasteiger partial charge in [0.1, 0.15) is 6.54 Å². The Morgan fingerprint density at radius 1 is 0.853 bits per heavy atom. The molecule has 0 fully saturated rings. The van der Waals surface area contributed by atoms with Crippen molar-refractivity contribution in [3.05, 3.63) is 111 Å². The lowest BCUT2D eigenvalue weighted by atomic mass is 10.1. The van der Waals surface area contributed by atoms with E-state index in [1.807, 2.05) is 66.2 Å². The third-order valence-corrected chi connectivity index (χ3v) is 5.67. The Morgan fingerprint density at radius 3 is 2.32 bits per heavy atom. The van der Waals surface area contributed by atoms with Crippen molar-refractivity contribution in [2.75, 3.05) is 0 Å². The highest BCUT2D eigenvalue weighted by Crippen LogP contribution is 2.25. The number of aliphatic carboxylic acids is 1. The first-order valence-corrected chi connectivity index (χ1v) is 10.6. The van der Waals surface area contributed by atoms with Crippen molar-refractivity contribution in [3.63, 3.8) is 0 Å². The van der Waals surface area contributed by atoms with Crippen molar-refractivity contribution in [2.24, 2.45) is 7.05 Å².